The van der Waals surface area contributed by atoms with Gasteiger partial charge in [0.25, 0.3) is 0 Å². The molecule has 6 heteroatoms. The lowest BCUT2D eigenvalue weighted by Crippen LogP contribution is -2.19. The zero-order chi connectivity index (χ0) is 22.3. The molecule has 2 atom stereocenters. The van der Waals surface area contributed by atoms with E-state index in [9.17, 15) is 0 Å². The van der Waals surface area contributed by atoms with Crippen molar-refractivity contribution >= 4 is 27.3 Å². The molecule has 2 unspecified atom stereocenters. The Hall–Kier alpha value is -1.14. The first kappa shape index (κ1) is 26.1. The van der Waals surface area contributed by atoms with E-state index in [-0.39, 0.29) is 0 Å². The van der Waals surface area contributed by atoms with Crippen LogP contribution in [0.3, 0.4) is 0 Å². The smallest absolute Gasteiger partial charge is 0.201 e. The van der Waals surface area contributed by atoms with E-state index in [0.29, 0.717) is 12.0 Å². The van der Waals surface area contributed by atoms with E-state index in [1.807, 2.05) is 17.1 Å². The first-order chi connectivity index (χ1) is 15.3. The highest BCUT2D eigenvalue weighted by Crippen LogP contribution is 2.41. The highest BCUT2D eigenvalue weighted by atomic mass is 33.1. The number of anilines is 1. The van der Waals surface area contributed by atoms with Gasteiger partial charge in [-0.2, -0.15) is 0 Å². The molecule has 1 N–H and O–H groups in total. The van der Waals surface area contributed by atoms with E-state index >= 15 is 0 Å². The van der Waals surface area contributed by atoms with E-state index in [2.05, 4.69) is 72.0 Å². The van der Waals surface area contributed by atoms with Gasteiger partial charge in [0, 0.05) is 29.9 Å². The Morgan fingerprint density at radius 2 is 1.74 bits per heavy atom. The fourth-order valence-corrected chi connectivity index (χ4v) is 6.41. The molecule has 0 aliphatic heterocycles. The Balaban J connectivity index is 2.05. The van der Waals surface area contributed by atoms with Gasteiger partial charge in [-0.3, -0.25) is 0 Å². The third-order valence-corrected chi connectivity index (χ3v) is 8.14. The number of nitrogens with zero attached hydrogens (tertiary/aromatic N) is 3. The maximum absolute atomic E-state index is 4.48. The Morgan fingerprint density at radius 1 is 0.968 bits per heavy atom. The number of para-hydroxylation sites is 1. The molecule has 0 radical (unpaired) electrons. The van der Waals surface area contributed by atoms with Crippen molar-refractivity contribution in [2.24, 2.45) is 0 Å². The average Bonchev–Trinajstić information content (AvgIpc) is 3.24. The molecule has 1 heterocycles. The van der Waals surface area contributed by atoms with Gasteiger partial charge in [0.2, 0.25) is 5.16 Å². The van der Waals surface area contributed by atoms with Crippen molar-refractivity contribution in [1.29, 1.82) is 0 Å². The van der Waals surface area contributed by atoms with Crippen LogP contribution in [0.2, 0.25) is 0 Å². The van der Waals surface area contributed by atoms with Crippen LogP contribution in [0.1, 0.15) is 103 Å². The summed E-state index contributed by atoms with van der Waals surface area (Å²) in [6.45, 7) is 9.96. The minimum Gasteiger partial charge on any atom is -0.385 e. The molecule has 0 aliphatic carbocycles. The van der Waals surface area contributed by atoms with Crippen molar-refractivity contribution in [3.8, 4) is 0 Å². The van der Waals surface area contributed by atoms with Crippen molar-refractivity contribution in [3.05, 3.63) is 36.2 Å². The number of nitrogens with one attached hydrogen (secondary N) is 1. The predicted octanol–water partition coefficient (Wildman–Crippen LogP) is 8.35. The third kappa shape index (κ3) is 8.38. The van der Waals surface area contributed by atoms with E-state index in [1.165, 1.54) is 61.9 Å². The number of hydrogen-bond acceptors (Lipinski definition) is 5. The highest BCUT2D eigenvalue weighted by Gasteiger charge is 2.27. The summed E-state index contributed by atoms with van der Waals surface area (Å²) in [6, 6.07) is 9.18. The van der Waals surface area contributed by atoms with Crippen LogP contribution in [-0.4, -0.2) is 27.1 Å². The van der Waals surface area contributed by atoms with Gasteiger partial charge in [0.15, 0.2) is 0 Å². The van der Waals surface area contributed by atoms with Crippen LogP contribution in [0, 0.1) is 0 Å². The molecular formula is C25H42N4S2. The number of hydrogen-bond donors (Lipinski definition) is 1. The Morgan fingerprint density at radius 3 is 2.48 bits per heavy atom. The second-order valence-electron chi connectivity index (χ2n) is 8.18. The van der Waals surface area contributed by atoms with E-state index in [4.69, 9.17) is 0 Å². The quantitative estimate of drug-likeness (QED) is 0.189. The summed E-state index contributed by atoms with van der Waals surface area (Å²) in [5, 5.41) is 13.4. The zero-order valence-corrected chi connectivity index (χ0v) is 21.6. The molecule has 2 aromatic rings. The van der Waals surface area contributed by atoms with Gasteiger partial charge in [-0.1, -0.05) is 88.3 Å². The molecule has 2 rings (SSSR count). The van der Waals surface area contributed by atoms with Crippen LogP contribution >= 0.6 is 21.6 Å². The van der Waals surface area contributed by atoms with Crippen molar-refractivity contribution in [1.82, 2.24) is 14.8 Å². The highest BCUT2D eigenvalue weighted by molar-refractivity contribution is 8.76. The maximum Gasteiger partial charge on any atom is 0.201 e. The molecule has 0 amide bonds. The average molecular weight is 463 g/mol. The second-order valence-corrected chi connectivity index (χ2v) is 10.6. The summed E-state index contributed by atoms with van der Waals surface area (Å²) in [5.74, 6) is 1.63. The normalized spacial score (nSPS) is 13.3. The minimum absolute atomic E-state index is 0.367. The van der Waals surface area contributed by atoms with Gasteiger partial charge < -0.3 is 9.88 Å². The van der Waals surface area contributed by atoms with Crippen molar-refractivity contribution < 1.29 is 0 Å². The van der Waals surface area contributed by atoms with Crippen LogP contribution in [0.15, 0.2) is 35.7 Å². The molecule has 4 nitrogen and oxygen atoms in total. The monoisotopic (exact) mass is 462 g/mol. The van der Waals surface area contributed by atoms with Crippen molar-refractivity contribution in [2.75, 3.05) is 17.6 Å². The van der Waals surface area contributed by atoms with E-state index in [1.54, 1.807) is 10.8 Å². The Bertz CT molecular complexity index is 719. The SMILES string of the molecule is CCCCCCCCSSc1nncn1C(CC)C(CCC)c1ccccc1NCC. The number of rotatable bonds is 17. The molecule has 1 aromatic carbocycles. The van der Waals surface area contributed by atoms with Gasteiger partial charge in [-0.05, 0) is 48.6 Å². The van der Waals surface area contributed by atoms with Crippen LogP contribution in [0.25, 0.3) is 0 Å². The van der Waals surface area contributed by atoms with Gasteiger partial charge in [0.1, 0.15) is 6.33 Å². The fraction of sp³-hybridized carbons (Fsp3) is 0.680. The summed E-state index contributed by atoms with van der Waals surface area (Å²) in [7, 11) is 3.73. The zero-order valence-electron chi connectivity index (χ0n) is 20.0. The molecule has 0 saturated carbocycles. The largest absolute Gasteiger partial charge is 0.385 e. The second kappa shape index (κ2) is 15.6. The standard InChI is InChI=1S/C25H42N4S2/c1-5-9-10-11-12-15-19-30-31-25-28-27-20-29(25)24(7-3)22(16-6-2)21-17-13-14-18-23(21)26-8-4/h13-14,17-18,20,22,24,26H,5-12,15-16,19H2,1-4H3. The summed E-state index contributed by atoms with van der Waals surface area (Å²) in [6.07, 6.45) is 13.4. The molecule has 0 bridgehead atoms. The lowest BCUT2D eigenvalue weighted by Gasteiger charge is -2.30. The molecular weight excluding hydrogens is 420 g/mol. The lowest BCUT2D eigenvalue weighted by atomic mass is 9.85. The summed E-state index contributed by atoms with van der Waals surface area (Å²) in [5.41, 5.74) is 2.68. The van der Waals surface area contributed by atoms with Gasteiger partial charge in [0.05, 0.1) is 0 Å². The molecule has 0 aliphatic rings. The third-order valence-electron chi connectivity index (χ3n) is 5.82. The number of aromatic nitrogens is 3. The van der Waals surface area contributed by atoms with E-state index < -0.39 is 0 Å². The molecule has 0 saturated heterocycles. The summed E-state index contributed by atoms with van der Waals surface area (Å²) in [4.78, 5) is 0. The molecule has 0 spiro atoms. The van der Waals surface area contributed by atoms with Crippen molar-refractivity contribution in [2.45, 2.75) is 103 Å². The maximum atomic E-state index is 4.48. The van der Waals surface area contributed by atoms with E-state index in [0.717, 1.165) is 24.5 Å². The van der Waals surface area contributed by atoms with Crippen LogP contribution in [0.4, 0.5) is 5.69 Å². The van der Waals surface area contributed by atoms with Crippen molar-refractivity contribution in [3.63, 3.8) is 0 Å². The molecule has 31 heavy (non-hydrogen) atoms. The molecule has 1 aromatic heterocycles. The van der Waals surface area contributed by atoms with Gasteiger partial charge in [-0.25, -0.2) is 0 Å². The van der Waals surface area contributed by atoms with Gasteiger partial charge in [-0.15, -0.1) is 10.2 Å². The number of unbranched alkanes of at least 4 members (excludes halogenated alkanes) is 5. The predicted molar refractivity (Wildman–Crippen MR) is 139 cm³/mol. The minimum atomic E-state index is 0.367. The van der Waals surface area contributed by atoms with Crippen LogP contribution in [-0.2, 0) is 0 Å². The Labute approximate surface area is 198 Å². The first-order valence-corrected chi connectivity index (χ1v) is 14.6. The van der Waals surface area contributed by atoms with Crippen LogP contribution in [0.5, 0.6) is 0 Å². The topological polar surface area (TPSA) is 42.7 Å². The fourth-order valence-electron chi connectivity index (χ4n) is 4.27. The summed E-state index contributed by atoms with van der Waals surface area (Å²) < 4.78 is 2.34. The molecule has 174 valence electrons. The first-order valence-electron chi connectivity index (χ1n) is 12.3. The Kier molecular flexibility index (Phi) is 13.2. The number of benzene rings is 1. The van der Waals surface area contributed by atoms with Crippen LogP contribution < -0.4 is 5.32 Å². The molecule has 0 fully saturated rings. The lowest BCUT2D eigenvalue weighted by molar-refractivity contribution is 0.359. The summed E-state index contributed by atoms with van der Waals surface area (Å²) >= 11 is 0. The van der Waals surface area contributed by atoms with Gasteiger partial charge >= 0.3 is 0 Å².